The molecule has 0 bridgehead atoms. The van der Waals surface area contributed by atoms with E-state index >= 15 is 0 Å². The summed E-state index contributed by atoms with van der Waals surface area (Å²) in [5.41, 5.74) is 1.23. The van der Waals surface area contributed by atoms with Crippen molar-refractivity contribution in [1.29, 1.82) is 0 Å². The molecule has 1 N–H and O–H groups in total. The highest BCUT2D eigenvalue weighted by Gasteiger charge is 2.17. The number of hydrogen-bond acceptors (Lipinski definition) is 6. The van der Waals surface area contributed by atoms with E-state index in [1.807, 2.05) is 13.0 Å². The number of nitrogens with zero attached hydrogens (tertiary/aromatic N) is 2. The second kappa shape index (κ2) is 8.75. The van der Waals surface area contributed by atoms with E-state index in [0.29, 0.717) is 28.5 Å². The molecule has 138 valence electrons. The summed E-state index contributed by atoms with van der Waals surface area (Å²) in [4.78, 5) is 11.7. The van der Waals surface area contributed by atoms with Crippen LogP contribution >= 0.6 is 23.4 Å². The Bertz CT molecular complexity index is 987. The van der Waals surface area contributed by atoms with E-state index in [1.54, 1.807) is 42.5 Å². The van der Waals surface area contributed by atoms with Gasteiger partial charge in [-0.3, -0.25) is 0 Å². The second-order valence-electron chi connectivity index (χ2n) is 5.24. The lowest BCUT2D eigenvalue weighted by Gasteiger charge is -2.07. The Hall–Kier alpha value is -2.77. The Morgan fingerprint density at radius 3 is 2.70 bits per heavy atom. The van der Waals surface area contributed by atoms with Crippen molar-refractivity contribution < 1.29 is 19.1 Å². The maximum atomic E-state index is 11.7. The van der Waals surface area contributed by atoms with Crippen molar-refractivity contribution >= 4 is 35.4 Å². The minimum Gasteiger partial charge on any atom is -0.493 e. The molecule has 0 saturated carbocycles. The summed E-state index contributed by atoms with van der Waals surface area (Å²) in [6, 6.07) is 14.2. The molecule has 0 aliphatic carbocycles. The molecule has 0 aliphatic rings. The molecular weight excluding hydrogens is 388 g/mol. The number of carboxylic acid groups (broad SMARTS) is 1. The third kappa shape index (κ3) is 4.69. The van der Waals surface area contributed by atoms with Crippen LogP contribution in [0, 0.1) is 0 Å². The highest BCUT2D eigenvalue weighted by atomic mass is 35.5. The van der Waals surface area contributed by atoms with Crippen LogP contribution in [0.2, 0.25) is 5.02 Å². The molecule has 0 fully saturated rings. The first-order valence-corrected chi connectivity index (χ1v) is 9.21. The summed E-state index contributed by atoms with van der Waals surface area (Å²) in [6.07, 6.45) is 1.51. The zero-order valence-corrected chi connectivity index (χ0v) is 15.8. The van der Waals surface area contributed by atoms with Crippen LogP contribution in [0.15, 0.2) is 63.1 Å². The zero-order chi connectivity index (χ0) is 19.2. The van der Waals surface area contributed by atoms with Gasteiger partial charge in [-0.25, -0.2) is 4.79 Å². The Kier molecular flexibility index (Phi) is 6.16. The quantitative estimate of drug-likeness (QED) is 0.439. The molecule has 0 unspecified atom stereocenters. The summed E-state index contributed by atoms with van der Waals surface area (Å²) >= 11 is 6.99. The number of rotatable bonds is 7. The van der Waals surface area contributed by atoms with Gasteiger partial charge in [0.1, 0.15) is 10.7 Å². The minimum atomic E-state index is -1.11. The molecule has 0 amide bonds. The third-order valence-electron chi connectivity index (χ3n) is 3.42. The average molecular weight is 403 g/mol. The molecule has 0 saturated heterocycles. The topological polar surface area (TPSA) is 85.5 Å². The van der Waals surface area contributed by atoms with Gasteiger partial charge in [0.25, 0.3) is 5.22 Å². The number of benzene rings is 2. The predicted molar refractivity (Wildman–Crippen MR) is 104 cm³/mol. The summed E-state index contributed by atoms with van der Waals surface area (Å²) in [7, 11) is 0. The number of thioether (sulfide) groups is 1. The maximum absolute atomic E-state index is 11.7. The molecule has 8 heteroatoms. The molecule has 1 heterocycles. The Morgan fingerprint density at radius 1 is 1.22 bits per heavy atom. The summed E-state index contributed by atoms with van der Waals surface area (Å²) < 4.78 is 11.1. The van der Waals surface area contributed by atoms with Crippen LogP contribution in [-0.4, -0.2) is 27.9 Å². The van der Waals surface area contributed by atoms with Crippen molar-refractivity contribution in [1.82, 2.24) is 10.2 Å². The highest BCUT2D eigenvalue weighted by molar-refractivity contribution is 8.03. The molecule has 3 aromatic rings. The Labute approximate surface area is 164 Å². The normalized spacial score (nSPS) is 11.4. The lowest BCUT2D eigenvalue weighted by atomic mass is 10.2. The number of aliphatic carboxylic acids is 1. The van der Waals surface area contributed by atoms with Gasteiger partial charge in [-0.1, -0.05) is 41.9 Å². The molecule has 2 aromatic carbocycles. The third-order valence-corrected chi connectivity index (χ3v) is 4.61. The molecule has 0 radical (unpaired) electrons. The first-order valence-electron chi connectivity index (χ1n) is 8.01. The van der Waals surface area contributed by atoms with Crippen LogP contribution in [0.1, 0.15) is 12.5 Å². The van der Waals surface area contributed by atoms with Gasteiger partial charge in [0.2, 0.25) is 5.89 Å². The molecule has 0 spiro atoms. The number of carbonyl (C=O) groups is 1. The molecule has 1 aromatic heterocycles. The largest absolute Gasteiger partial charge is 0.493 e. The van der Waals surface area contributed by atoms with Gasteiger partial charge in [0.15, 0.2) is 0 Å². The number of carboxylic acids is 1. The first-order chi connectivity index (χ1) is 13.1. The van der Waals surface area contributed by atoms with Gasteiger partial charge in [-0.15, -0.1) is 10.2 Å². The van der Waals surface area contributed by atoms with Crippen LogP contribution in [-0.2, 0) is 4.79 Å². The molecular formula is C19H15ClN2O4S. The number of hydrogen-bond donors (Lipinski definition) is 1. The van der Waals surface area contributed by atoms with E-state index < -0.39 is 5.97 Å². The van der Waals surface area contributed by atoms with Crippen molar-refractivity contribution in [2.45, 2.75) is 12.1 Å². The smallest absolute Gasteiger partial charge is 0.342 e. The van der Waals surface area contributed by atoms with Gasteiger partial charge >= 0.3 is 5.97 Å². The summed E-state index contributed by atoms with van der Waals surface area (Å²) in [5.74, 6) is -0.284. The number of ether oxygens (including phenoxy) is 1. The van der Waals surface area contributed by atoms with Crippen LogP contribution < -0.4 is 4.74 Å². The van der Waals surface area contributed by atoms with Crippen molar-refractivity contribution in [3.05, 3.63) is 64.0 Å². The maximum Gasteiger partial charge on any atom is 0.342 e. The van der Waals surface area contributed by atoms with Crippen molar-refractivity contribution in [2.24, 2.45) is 0 Å². The average Bonchev–Trinajstić information content (AvgIpc) is 3.11. The standard InChI is InChI=1S/C19H15ClN2O4S/c1-2-25-15-10-6-3-7-12(15)11-16(18(23)24)27-19-22-21-17(26-19)13-8-4-5-9-14(13)20/h3-11H,2H2,1H3,(H,23,24)/b16-11+. The lowest BCUT2D eigenvalue weighted by Crippen LogP contribution is -1.98. The van der Waals surface area contributed by atoms with Crippen molar-refractivity contribution in [3.63, 3.8) is 0 Å². The molecule has 0 aliphatic heterocycles. The van der Waals surface area contributed by atoms with E-state index in [4.69, 9.17) is 20.8 Å². The van der Waals surface area contributed by atoms with Crippen LogP contribution in [0.4, 0.5) is 0 Å². The fourth-order valence-electron chi connectivity index (χ4n) is 2.25. The predicted octanol–water partition coefficient (Wildman–Crippen LogP) is 5.01. The summed E-state index contributed by atoms with van der Waals surface area (Å²) in [6.45, 7) is 2.34. The second-order valence-corrected chi connectivity index (χ2v) is 6.64. The van der Waals surface area contributed by atoms with E-state index in [-0.39, 0.29) is 16.0 Å². The van der Waals surface area contributed by atoms with Gasteiger partial charge in [-0.05, 0) is 43.0 Å². The minimum absolute atomic E-state index is 0.0245. The van der Waals surface area contributed by atoms with Crippen molar-refractivity contribution in [2.75, 3.05) is 6.61 Å². The molecule has 0 atom stereocenters. The van der Waals surface area contributed by atoms with Crippen LogP contribution in [0.5, 0.6) is 5.75 Å². The number of halogens is 1. The first kappa shape index (κ1) is 19.0. The number of para-hydroxylation sites is 1. The molecule has 3 rings (SSSR count). The molecule has 6 nitrogen and oxygen atoms in total. The lowest BCUT2D eigenvalue weighted by molar-refractivity contribution is -0.131. The zero-order valence-electron chi connectivity index (χ0n) is 14.3. The van der Waals surface area contributed by atoms with E-state index in [2.05, 4.69) is 10.2 Å². The summed E-state index contributed by atoms with van der Waals surface area (Å²) in [5, 5.41) is 18.0. The van der Waals surface area contributed by atoms with Gasteiger partial charge in [-0.2, -0.15) is 0 Å². The van der Waals surface area contributed by atoms with Gasteiger partial charge < -0.3 is 14.3 Å². The van der Waals surface area contributed by atoms with Crippen LogP contribution in [0.25, 0.3) is 17.5 Å². The van der Waals surface area contributed by atoms with E-state index in [0.717, 1.165) is 11.8 Å². The van der Waals surface area contributed by atoms with Crippen molar-refractivity contribution in [3.8, 4) is 17.2 Å². The SMILES string of the molecule is CCOc1ccccc1/C=C(/Sc1nnc(-c2ccccc2Cl)o1)C(=O)O. The fourth-order valence-corrected chi connectivity index (χ4v) is 3.13. The Morgan fingerprint density at radius 2 is 1.96 bits per heavy atom. The highest BCUT2D eigenvalue weighted by Crippen LogP contribution is 2.33. The van der Waals surface area contributed by atoms with E-state index in [1.165, 1.54) is 6.08 Å². The van der Waals surface area contributed by atoms with Crippen LogP contribution in [0.3, 0.4) is 0 Å². The fraction of sp³-hybridized carbons (Fsp3) is 0.105. The van der Waals surface area contributed by atoms with Gasteiger partial charge in [0, 0.05) is 5.56 Å². The number of aromatic nitrogens is 2. The van der Waals surface area contributed by atoms with Gasteiger partial charge in [0.05, 0.1) is 17.2 Å². The molecule has 27 heavy (non-hydrogen) atoms. The Balaban J connectivity index is 1.88. The van der Waals surface area contributed by atoms with E-state index in [9.17, 15) is 9.90 Å². The monoisotopic (exact) mass is 402 g/mol.